The van der Waals surface area contributed by atoms with E-state index in [0.29, 0.717) is 23.2 Å². The van der Waals surface area contributed by atoms with Crippen molar-refractivity contribution in [1.82, 2.24) is 9.97 Å². The second-order valence-corrected chi connectivity index (χ2v) is 4.02. The van der Waals surface area contributed by atoms with Crippen molar-refractivity contribution in [2.75, 3.05) is 25.0 Å². The summed E-state index contributed by atoms with van der Waals surface area (Å²) in [4.78, 5) is 8.42. The molecule has 0 saturated heterocycles. The summed E-state index contributed by atoms with van der Waals surface area (Å²) in [5, 5.41) is 3.16. The SMILES string of the molecule is COc1ccc(Nc2cc(NN)nc(C)n2)c(OC)c1. The van der Waals surface area contributed by atoms with E-state index in [1.165, 1.54) is 0 Å². The van der Waals surface area contributed by atoms with Gasteiger partial charge in [0.1, 0.15) is 29.0 Å². The lowest BCUT2D eigenvalue weighted by Crippen LogP contribution is -2.10. The van der Waals surface area contributed by atoms with Crippen LogP contribution in [0.25, 0.3) is 0 Å². The highest BCUT2D eigenvalue weighted by Crippen LogP contribution is 2.31. The normalized spacial score (nSPS) is 10.0. The van der Waals surface area contributed by atoms with Crippen LogP contribution < -0.4 is 26.1 Å². The van der Waals surface area contributed by atoms with Crippen LogP contribution in [0.15, 0.2) is 24.3 Å². The molecule has 0 aliphatic rings. The van der Waals surface area contributed by atoms with E-state index in [0.717, 1.165) is 11.4 Å². The zero-order valence-electron chi connectivity index (χ0n) is 11.6. The van der Waals surface area contributed by atoms with Crippen LogP contribution in [0, 0.1) is 6.92 Å². The Morgan fingerprint density at radius 1 is 1.05 bits per heavy atom. The highest BCUT2D eigenvalue weighted by Gasteiger charge is 2.07. The van der Waals surface area contributed by atoms with E-state index >= 15 is 0 Å². The van der Waals surface area contributed by atoms with Crippen LogP contribution in [-0.4, -0.2) is 24.2 Å². The largest absolute Gasteiger partial charge is 0.497 e. The van der Waals surface area contributed by atoms with Crippen molar-refractivity contribution < 1.29 is 9.47 Å². The summed E-state index contributed by atoms with van der Waals surface area (Å²) >= 11 is 0. The number of ether oxygens (including phenoxy) is 2. The zero-order valence-corrected chi connectivity index (χ0v) is 11.6. The van der Waals surface area contributed by atoms with Gasteiger partial charge in [-0.15, -0.1) is 0 Å². The molecule has 0 atom stereocenters. The number of nitrogens with zero attached hydrogens (tertiary/aromatic N) is 2. The third kappa shape index (κ3) is 3.07. The standard InChI is InChI=1S/C13H17N5O2/c1-8-15-12(7-13(16-8)18-14)17-10-5-4-9(19-2)6-11(10)20-3/h4-7H,14H2,1-3H3,(H2,15,16,17,18). The Morgan fingerprint density at radius 2 is 1.80 bits per heavy atom. The lowest BCUT2D eigenvalue weighted by atomic mass is 10.2. The quantitative estimate of drug-likeness (QED) is 0.566. The van der Waals surface area contributed by atoms with Gasteiger partial charge in [-0.1, -0.05) is 0 Å². The van der Waals surface area contributed by atoms with Crippen LogP contribution in [0.5, 0.6) is 11.5 Å². The van der Waals surface area contributed by atoms with E-state index in [2.05, 4.69) is 20.7 Å². The fourth-order valence-electron chi connectivity index (χ4n) is 1.75. The van der Waals surface area contributed by atoms with Gasteiger partial charge in [-0.2, -0.15) is 0 Å². The summed E-state index contributed by atoms with van der Waals surface area (Å²) < 4.78 is 10.5. The molecule has 0 unspecified atom stereocenters. The molecule has 1 heterocycles. The first kappa shape index (κ1) is 13.9. The minimum absolute atomic E-state index is 0.535. The van der Waals surface area contributed by atoms with Gasteiger partial charge in [-0.3, -0.25) is 0 Å². The topological polar surface area (TPSA) is 94.3 Å². The first-order valence-electron chi connectivity index (χ1n) is 5.97. The van der Waals surface area contributed by atoms with Crippen LogP contribution in [0.3, 0.4) is 0 Å². The predicted molar refractivity (Wildman–Crippen MR) is 77.4 cm³/mol. The molecule has 106 valence electrons. The molecule has 20 heavy (non-hydrogen) atoms. The first-order valence-corrected chi connectivity index (χ1v) is 5.97. The summed E-state index contributed by atoms with van der Waals surface area (Å²) in [5.41, 5.74) is 3.27. The van der Waals surface area contributed by atoms with Crippen LogP contribution >= 0.6 is 0 Å². The molecule has 2 rings (SSSR count). The third-order valence-electron chi connectivity index (χ3n) is 2.66. The molecule has 4 N–H and O–H groups in total. The molecule has 2 aromatic rings. The maximum Gasteiger partial charge on any atom is 0.146 e. The number of anilines is 3. The molecule has 0 spiro atoms. The van der Waals surface area contributed by atoms with E-state index in [1.807, 2.05) is 12.1 Å². The summed E-state index contributed by atoms with van der Waals surface area (Å²) in [5.74, 6) is 8.50. The van der Waals surface area contributed by atoms with Gasteiger partial charge in [0.25, 0.3) is 0 Å². The van der Waals surface area contributed by atoms with Crippen molar-refractivity contribution in [3.05, 3.63) is 30.1 Å². The second kappa shape index (κ2) is 6.07. The van der Waals surface area contributed by atoms with Gasteiger partial charge >= 0.3 is 0 Å². The smallest absolute Gasteiger partial charge is 0.146 e. The lowest BCUT2D eigenvalue weighted by Gasteiger charge is -2.12. The highest BCUT2D eigenvalue weighted by atomic mass is 16.5. The number of aromatic nitrogens is 2. The fourth-order valence-corrected chi connectivity index (χ4v) is 1.75. The lowest BCUT2D eigenvalue weighted by molar-refractivity contribution is 0.395. The van der Waals surface area contributed by atoms with Crippen LogP contribution in [0.2, 0.25) is 0 Å². The molecule has 7 nitrogen and oxygen atoms in total. The first-order chi connectivity index (χ1) is 9.66. The van der Waals surface area contributed by atoms with Crippen molar-refractivity contribution in [2.24, 2.45) is 5.84 Å². The van der Waals surface area contributed by atoms with E-state index < -0.39 is 0 Å². The summed E-state index contributed by atoms with van der Waals surface area (Å²) in [6.45, 7) is 1.79. The molecular formula is C13H17N5O2. The summed E-state index contributed by atoms with van der Waals surface area (Å²) in [7, 11) is 3.20. The predicted octanol–water partition coefficient (Wildman–Crippen LogP) is 1.83. The maximum atomic E-state index is 5.37. The number of aryl methyl sites for hydroxylation is 1. The highest BCUT2D eigenvalue weighted by molar-refractivity contribution is 5.67. The van der Waals surface area contributed by atoms with Crippen molar-refractivity contribution >= 4 is 17.3 Å². The summed E-state index contributed by atoms with van der Waals surface area (Å²) in [6.07, 6.45) is 0. The Morgan fingerprint density at radius 3 is 2.45 bits per heavy atom. The maximum absolute atomic E-state index is 5.37. The number of nitrogen functional groups attached to an aromatic ring is 1. The Labute approximate surface area is 117 Å². The Hall–Kier alpha value is -2.54. The Kier molecular flexibility index (Phi) is 4.21. The van der Waals surface area contributed by atoms with E-state index in [1.54, 1.807) is 33.3 Å². The van der Waals surface area contributed by atoms with Gasteiger partial charge in [0.15, 0.2) is 0 Å². The van der Waals surface area contributed by atoms with Crippen LogP contribution in [0.1, 0.15) is 5.82 Å². The van der Waals surface area contributed by atoms with Gasteiger partial charge in [0, 0.05) is 12.1 Å². The molecule has 1 aromatic heterocycles. The molecule has 0 aliphatic heterocycles. The van der Waals surface area contributed by atoms with E-state index in [-0.39, 0.29) is 0 Å². The monoisotopic (exact) mass is 275 g/mol. The number of hydrogen-bond donors (Lipinski definition) is 3. The van der Waals surface area contributed by atoms with Gasteiger partial charge in [-0.05, 0) is 19.1 Å². The van der Waals surface area contributed by atoms with Gasteiger partial charge in [0.2, 0.25) is 0 Å². The number of benzene rings is 1. The minimum atomic E-state index is 0.535. The average Bonchev–Trinajstić information content (AvgIpc) is 2.47. The van der Waals surface area contributed by atoms with Crippen molar-refractivity contribution in [3.8, 4) is 11.5 Å². The third-order valence-corrected chi connectivity index (χ3v) is 2.66. The summed E-state index contributed by atoms with van der Waals surface area (Å²) in [6, 6.07) is 7.18. The van der Waals surface area contributed by atoms with E-state index in [4.69, 9.17) is 15.3 Å². The second-order valence-electron chi connectivity index (χ2n) is 4.02. The molecule has 0 fully saturated rings. The van der Waals surface area contributed by atoms with Crippen molar-refractivity contribution in [2.45, 2.75) is 6.92 Å². The van der Waals surface area contributed by atoms with Gasteiger partial charge in [-0.25, -0.2) is 15.8 Å². The number of nitrogens with one attached hydrogen (secondary N) is 2. The number of rotatable bonds is 5. The molecule has 7 heteroatoms. The van der Waals surface area contributed by atoms with Crippen LogP contribution in [0.4, 0.5) is 17.3 Å². The Balaban J connectivity index is 2.31. The molecule has 0 radical (unpaired) electrons. The number of hydrazine groups is 1. The number of hydrogen-bond acceptors (Lipinski definition) is 7. The number of methoxy groups -OCH3 is 2. The molecule has 0 aliphatic carbocycles. The van der Waals surface area contributed by atoms with Crippen molar-refractivity contribution in [3.63, 3.8) is 0 Å². The van der Waals surface area contributed by atoms with Gasteiger partial charge < -0.3 is 20.2 Å². The van der Waals surface area contributed by atoms with Crippen LogP contribution in [-0.2, 0) is 0 Å². The zero-order chi connectivity index (χ0) is 14.5. The molecular weight excluding hydrogens is 258 g/mol. The molecule has 0 amide bonds. The molecule has 0 bridgehead atoms. The molecule has 0 saturated carbocycles. The number of nitrogens with two attached hydrogens (primary N) is 1. The Bertz CT molecular complexity index is 603. The minimum Gasteiger partial charge on any atom is -0.497 e. The fraction of sp³-hybridized carbons (Fsp3) is 0.231. The van der Waals surface area contributed by atoms with Crippen molar-refractivity contribution in [1.29, 1.82) is 0 Å². The average molecular weight is 275 g/mol. The van der Waals surface area contributed by atoms with Gasteiger partial charge in [0.05, 0.1) is 19.9 Å². The molecule has 1 aromatic carbocycles. The van der Waals surface area contributed by atoms with E-state index in [9.17, 15) is 0 Å².